The Labute approximate surface area is 79.4 Å². The van der Waals surface area contributed by atoms with Crippen LogP contribution in [0, 0.1) is 0 Å². The van der Waals surface area contributed by atoms with Gasteiger partial charge < -0.3 is 0 Å². The minimum Gasteiger partial charge on any atom is -0.228 e. The van der Waals surface area contributed by atoms with Crippen molar-refractivity contribution in [3.05, 3.63) is 14.5 Å². The van der Waals surface area contributed by atoms with E-state index in [1.165, 1.54) is 24.2 Å². The number of thiazole rings is 1. The fourth-order valence-corrected chi connectivity index (χ4v) is 2.67. The van der Waals surface area contributed by atoms with Crippen molar-refractivity contribution in [3.8, 4) is 0 Å². The molecule has 1 heterocycles. The summed E-state index contributed by atoms with van der Waals surface area (Å²) in [7, 11) is 0. The first-order valence-electron chi connectivity index (χ1n) is 3.44. The Hall–Kier alpha value is 0.210. The summed E-state index contributed by atoms with van der Waals surface area (Å²) in [6.45, 7) is 2.17. The molecule has 0 saturated heterocycles. The van der Waals surface area contributed by atoms with Crippen molar-refractivity contribution in [2.75, 3.05) is 0 Å². The van der Waals surface area contributed by atoms with Gasteiger partial charge in [0.25, 0.3) is 0 Å². The molecule has 1 aliphatic rings. The van der Waals surface area contributed by atoms with Crippen molar-refractivity contribution in [3.63, 3.8) is 0 Å². The van der Waals surface area contributed by atoms with Gasteiger partial charge in [0.2, 0.25) is 0 Å². The monoisotopic (exact) mass is 207 g/mol. The summed E-state index contributed by atoms with van der Waals surface area (Å²) >= 11 is 13.0. The molecule has 0 aromatic carbocycles. The average molecular weight is 208 g/mol. The van der Waals surface area contributed by atoms with Crippen LogP contribution >= 0.6 is 34.5 Å². The van der Waals surface area contributed by atoms with Gasteiger partial charge in [-0.1, -0.05) is 41.5 Å². The Kier molecular flexibility index (Phi) is 1.67. The Morgan fingerprint density at radius 3 is 2.45 bits per heavy atom. The van der Waals surface area contributed by atoms with Gasteiger partial charge in [-0.3, -0.25) is 0 Å². The van der Waals surface area contributed by atoms with Crippen molar-refractivity contribution in [2.45, 2.75) is 25.2 Å². The topological polar surface area (TPSA) is 12.9 Å². The number of aromatic nitrogens is 1. The van der Waals surface area contributed by atoms with E-state index in [0.29, 0.717) is 4.47 Å². The smallest absolute Gasteiger partial charge is 0.185 e. The molecular formula is C7H7Cl2NS. The molecule has 0 aliphatic heterocycles. The first-order chi connectivity index (χ1) is 5.12. The maximum Gasteiger partial charge on any atom is 0.185 e. The molecule has 2 rings (SSSR count). The summed E-state index contributed by atoms with van der Waals surface area (Å²) in [6.07, 6.45) is 2.37. The van der Waals surface area contributed by atoms with Crippen molar-refractivity contribution < 1.29 is 0 Å². The van der Waals surface area contributed by atoms with E-state index in [9.17, 15) is 0 Å². The molecule has 1 aliphatic carbocycles. The van der Waals surface area contributed by atoms with Crippen LogP contribution in [-0.2, 0) is 5.41 Å². The molecule has 60 valence electrons. The maximum absolute atomic E-state index is 5.94. The first kappa shape index (κ1) is 7.84. The fraction of sp³-hybridized carbons (Fsp3) is 0.571. The number of hydrogen-bond donors (Lipinski definition) is 0. The van der Waals surface area contributed by atoms with Crippen LogP contribution in [0.4, 0.5) is 0 Å². The Morgan fingerprint density at radius 2 is 2.09 bits per heavy atom. The predicted octanol–water partition coefficient (Wildman–Crippen LogP) is 3.50. The van der Waals surface area contributed by atoms with Crippen LogP contribution in [0.5, 0.6) is 0 Å². The lowest BCUT2D eigenvalue weighted by Crippen LogP contribution is -1.99. The molecule has 0 radical (unpaired) electrons. The largest absolute Gasteiger partial charge is 0.228 e. The first-order valence-corrected chi connectivity index (χ1v) is 5.01. The molecular weight excluding hydrogens is 201 g/mol. The molecule has 1 aromatic heterocycles. The standard InChI is InChI=1S/C7H7Cl2NS/c1-7(2-3-7)4-5(8)11-6(9)10-4/h2-3H2,1H3. The van der Waals surface area contributed by atoms with E-state index in [-0.39, 0.29) is 5.41 Å². The van der Waals surface area contributed by atoms with Gasteiger partial charge in [-0.05, 0) is 12.8 Å². The van der Waals surface area contributed by atoms with E-state index in [4.69, 9.17) is 23.2 Å². The Morgan fingerprint density at radius 1 is 1.45 bits per heavy atom. The number of nitrogens with zero attached hydrogens (tertiary/aromatic N) is 1. The highest BCUT2D eigenvalue weighted by molar-refractivity contribution is 7.19. The highest BCUT2D eigenvalue weighted by Gasteiger charge is 2.43. The lowest BCUT2D eigenvalue weighted by Gasteiger charge is -2.02. The molecule has 0 amide bonds. The fourth-order valence-electron chi connectivity index (χ4n) is 1.07. The van der Waals surface area contributed by atoms with Gasteiger partial charge in [0.1, 0.15) is 4.34 Å². The summed E-state index contributed by atoms with van der Waals surface area (Å²) in [5.74, 6) is 0. The highest BCUT2D eigenvalue weighted by atomic mass is 35.5. The van der Waals surface area contributed by atoms with Crippen LogP contribution in [0.1, 0.15) is 25.5 Å². The summed E-state index contributed by atoms with van der Waals surface area (Å²) < 4.78 is 1.31. The highest BCUT2D eigenvalue weighted by Crippen LogP contribution is 2.51. The Bertz CT molecular complexity index is 291. The third-order valence-corrected chi connectivity index (χ3v) is 3.49. The number of rotatable bonds is 1. The summed E-state index contributed by atoms with van der Waals surface area (Å²) in [6, 6.07) is 0. The van der Waals surface area contributed by atoms with Gasteiger partial charge in [-0.25, -0.2) is 4.98 Å². The minimum atomic E-state index is 0.237. The lowest BCUT2D eigenvalue weighted by atomic mass is 10.1. The minimum absolute atomic E-state index is 0.237. The molecule has 0 N–H and O–H groups in total. The summed E-state index contributed by atoms with van der Waals surface area (Å²) in [5, 5.41) is 0. The molecule has 0 unspecified atom stereocenters. The van der Waals surface area contributed by atoms with Gasteiger partial charge >= 0.3 is 0 Å². The van der Waals surface area contributed by atoms with E-state index in [1.807, 2.05) is 0 Å². The number of hydrogen-bond acceptors (Lipinski definition) is 2. The van der Waals surface area contributed by atoms with Gasteiger partial charge in [-0.2, -0.15) is 0 Å². The van der Waals surface area contributed by atoms with Crippen LogP contribution in [-0.4, -0.2) is 4.98 Å². The lowest BCUT2D eigenvalue weighted by molar-refractivity contribution is 0.759. The molecule has 0 bridgehead atoms. The summed E-state index contributed by atoms with van der Waals surface area (Å²) in [4.78, 5) is 4.20. The zero-order valence-electron chi connectivity index (χ0n) is 6.03. The van der Waals surface area contributed by atoms with Crippen molar-refractivity contribution in [2.24, 2.45) is 0 Å². The van der Waals surface area contributed by atoms with E-state index in [1.54, 1.807) is 0 Å². The summed E-state index contributed by atoms with van der Waals surface area (Å²) in [5.41, 5.74) is 1.23. The van der Waals surface area contributed by atoms with E-state index >= 15 is 0 Å². The predicted molar refractivity (Wildman–Crippen MR) is 48.7 cm³/mol. The van der Waals surface area contributed by atoms with E-state index in [0.717, 1.165) is 10.0 Å². The number of halogens is 2. The SMILES string of the molecule is CC1(c2nc(Cl)sc2Cl)CC1. The van der Waals surface area contributed by atoms with Gasteiger partial charge in [0.05, 0.1) is 5.69 Å². The zero-order valence-corrected chi connectivity index (χ0v) is 8.35. The molecule has 1 nitrogen and oxygen atoms in total. The van der Waals surface area contributed by atoms with E-state index < -0.39 is 0 Å². The van der Waals surface area contributed by atoms with E-state index in [2.05, 4.69) is 11.9 Å². The second kappa shape index (κ2) is 2.35. The van der Waals surface area contributed by atoms with Gasteiger partial charge in [0.15, 0.2) is 4.47 Å². The van der Waals surface area contributed by atoms with Crippen molar-refractivity contribution >= 4 is 34.5 Å². The molecule has 4 heteroatoms. The molecule has 1 fully saturated rings. The second-order valence-electron chi connectivity index (χ2n) is 3.15. The van der Waals surface area contributed by atoms with Crippen LogP contribution in [0.3, 0.4) is 0 Å². The third kappa shape index (κ3) is 1.28. The van der Waals surface area contributed by atoms with Gasteiger partial charge in [0, 0.05) is 5.41 Å². The van der Waals surface area contributed by atoms with Crippen LogP contribution in [0.25, 0.3) is 0 Å². The Balaban J connectivity index is 2.44. The quantitative estimate of drug-likeness (QED) is 0.688. The molecule has 0 spiro atoms. The molecule has 0 atom stereocenters. The third-order valence-electron chi connectivity index (χ3n) is 2.13. The maximum atomic E-state index is 5.94. The van der Waals surface area contributed by atoms with Crippen LogP contribution < -0.4 is 0 Å². The molecule has 1 aromatic rings. The normalized spacial score (nSPS) is 20.3. The van der Waals surface area contributed by atoms with Crippen molar-refractivity contribution in [1.82, 2.24) is 4.98 Å². The second-order valence-corrected chi connectivity index (χ2v) is 5.33. The van der Waals surface area contributed by atoms with Gasteiger partial charge in [-0.15, -0.1) is 0 Å². The van der Waals surface area contributed by atoms with Crippen molar-refractivity contribution in [1.29, 1.82) is 0 Å². The van der Waals surface area contributed by atoms with Crippen LogP contribution in [0.15, 0.2) is 0 Å². The zero-order chi connectivity index (χ0) is 8.06. The molecule has 11 heavy (non-hydrogen) atoms. The average Bonchev–Trinajstić information content (AvgIpc) is 2.55. The molecule has 1 saturated carbocycles. The van der Waals surface area contributed by atoms with Crippen LogP contribution in [0.2, 0.25) is 8.80 Å².